The first-order valence-electron chi connectivity index (χ1n) is 5.27. The Hall–Kier alpha value is -0.240. The normalized spacial score (nSPS) is 13.6. The van der Waals surface area contributed by atoms with E-state index < -0.39 is 15.3 Å². The Kier molecular flexibility index (Phi) is 7.82. The average Bonchev–Trinajstić information content (AvgIpc) is 2.22. The standard InChI is InChI=1S/C9H20N2O3S2/c1-3-4-6-14-7-5-11-16(12,13)8(2)9(10)15/h8,11H,3-7H2,1-2H3,(H2,10,15). The molecule has 1 unspecified atom stereocenters. The number of thiocarbonyl (C=S) groups is 1. The van der Waals surface area contributed by atoms with Gasteiger partial charge < -0.3 is 10.5 Å². The lowest BCUT2D eigenvalue weighted by molar-refractivity contribution is 0.136. The molecule has 0 heterocycles. The van der Waals surface area contributed by atoms with Crippen molar-refractivity contribution in [2.75, 3.05) is 19.8 Å². The van der Waals surface area contributed by atoms with E-state index in [0.29, 0.717) is 13.2 Å². The summed E-state index contributed by atoms with van der Waals surface area (Å²) in [6.45, 7) is 4.80. The van der Waals surface area contributed by atoms with E-state index in [1.54, 1.807) is 0 Å². The minimum Gasteiger partial charge on any atom is -0.392 e. The number of nitrogens with two attached hydrogens (primary N) is 1. The van der Waals surface area contributed by atoms with E-state index in [-0.39, 0.29) is 11.5 Å². The molecule has 0 fully saturated rings. The summed E-state index contributed by atoms with van der Waals surface area (Å²) in [5, 5.41) is -0.849. The number of rotatable bonds is 9. The van der Waals surface area contributed by atoms with Crippen LogP contribution in [0.15, 0.2) is 0 Å². The molecule has 96 valence electrons. The maximum atomic E-state index is 11.5. The van der Waals surface area contributed by atoms with Gasteiger partial charge in [0.15, 0.2) is 0 Å². The summed E-state index contributed by atoms with van der Waals surface area (Å²) in [6.07, 6.45) is 2.04. The molecule has 5 nitrogen and oxygen atoms in total. The van der Waals surface area contributed by atoms with Gasteiger partial charge in [-0.2, -0.15) is 0 Å². The molecule has 0 aliphatic rings. The molecule has 0 bridgehead atoms. The van der Waals surface area contributed by atoms with Crippen LogP contribution in [0.5, 0.6) is 0 Å². The molecule has 0 radical (unpaired) electrons. The first kappa shape index (κ1) is 15.8. The minimum absolute atomic E-state index is 0.0283. The summed E-state index contributed by atoms with van der Waals surface area (Å²) >= 11 is 4.63. The van der Waals surface area contributed by atoms with Gasteiger partial charge in [-0.15, -0.1) is 0 Å². The Morgan fingerprint density at radius 3 is 2.62 bits per heavy atom. The number of nitrogens with one attached hydrogen (secondary N) is 1. The molecule has 3 N–H and O–H groups in total. The van der Waals surface area contributed by atoms with Crippen molar-refractivity contribution in [3.05, 3.63) is 0 Å². The average molecular weight is 268 g/mol. The minimum atomic E-state index is -3.45. The van der Waals surface area contributed by atoms with Crippen LogP contribution in [0.1, 0.15) is 26.7 Å². The smallest absolute Gasteiger partial charge is 0.220 e. The molecule has 0 aliphatic carbocycles. The van der Waals surface area contributed by atoms with Crippen LogP contribution in [0.25, 0.3) is 0 Å². The predicted molar refractivity (Wildman–Crippen MR) is 68.9 cm³/mol. The monoisotopic (exact) mass is 268 g/mol. The van der Waals surface area contributed by atoms with Crippen molar-refractivity contribution >= 4 is 27.2 Å². The van der Waals surface area contributed by atoms with Gasteiger partial charge in [0, 0.05) is 13.2 Å². The number of ether oxygens (including phenoxy) is 1. The fourth-order valence-corrected chi connectivity index (χ4v) is 2.19. The lowest BCUT2D eigenvalue weighted by Crippen LogP contribution is -2.41. The number of hydrogen-bond donors (Lipinski definition) is 2. The van der Waals surface area contributed by atoms with E-state index >= 15 is 0 Å². The van der Waals surface area contributed by atoms with Crippen LogP contribution in [0, 0.1) is 0 Å². The molecule has 0 aromatic heterocycles. The van der Waals surface area contributed by atoms with Crippen molar-refractivity contribution < 1.29 is 13.2 Å². The lowest BCUT2D eigenvalue weighted by Gasteiger charge is -2.12. The van der Waals surface area contributed by atoms with Gasteiger partial charge in [0.2, 0.25) is 10.0 Å². The molecule has 0 saturated carbocycles. The van der Waals surface area contributed by atoms with E-state index in [1.807, 2.05) is 0 Å². The second-order valence-electron chi connectivity index (χ2n) is 3.45. The van der Waals surface area contributed by atoms with Gasteiger partial charge in [-0.3, -0.25) is 0 Å². The molecule has 0 rings (SSSR count). The fourth-order valence-electron chi connectivity index (χ4n) is 0.882. The van der Waals surface area contributed by atoms with Crippen molar-refractivity contribution in [3.8, 4) is 0 Å². The Bertz CT molecular complexity index is 304. The SMILES string of the molecule is CCCCOCCNS(=O)(=O)C(C)C(N)=S. The number of sulfonamides is 1. The highest BCUT2D eigenvalue weighted by Crippen LogP contribution is 1.98. The first-order valence-corrected chi connectivity index (χ1v) is 7.22. The summed E-state index contributed by atoms with van der Waals surface area (Å²) in [4.78, 5) is -0.0283. The van der Waals surface area contributed by atoms with E-state index in [0.717, 1.165) is 12.8 Å². The Labute approximate surface area is 103 Å². The van der Waals surface area contributed by atoms with Gasteiger partial charge >= 0.3 is 0 Å². The summed E-state index contributed by atoms with van der Waals surface area (Å²) in [7, 11) is -3.45. The molecule has 7 heteroatoms. The van der Waals surface area contributed by atoms with Crippen molar-refractivity contribution in [1.29, 1.82) is 0 Å². The highest BCUT2D eigenvalue weighted by molar-refractivity contribution is 7.93. The van der Waals surface area contributed by atoms with Crippen LogP contribution in [0.2, 0.25) is 0 Å². The Morgan fingerprint density at radius 1 is 1.50 bits per heavy atom. The zero-order valence-corrected chi connectivity index (χ0v) is 11.4. The largest absolute Gasteiger partial charge is 0.392 e. The topological polar surface area (TPSA) is 81.4 Å². The molecule has 1 atom stereocenters. The molecule has 0 spiro atoms. The molecule has 0 aromatic carbocycles. The second kappa shape index (κ2) is 7.94. The van der Waals surface area contributed by atoms with Crippen LogP contribution >= 0.6 is 12.2 Å². The number of hydrogen-bond acceptors (Lipinski definition) is 4. The van der Waals surface area contributed by atoms with Crippen molar-refractivity contribution in [1.82, 2.24) is 4.72 Å². The second-order valence-corrected chi connectivity index (χ2v) is 6.01. The van der Waals surface area contributed by atoms with Gasteiger partial charge in [0.1, 0.15) is 5.25 Å². The van der Waals surface area contributed by atoms with Crippen LogP contribution in [-0.4, -0.2) is 38.4 Å². The highest BCUT2D eigenvalue weighted by Gasteiger charge is 2.22. The first-order chi connectivity index (χ1) is 7.41. The Morgan fingerprint density at radius 2 is 2.12 bits per heavy atom. The van der Waals surface area contributed by atoms with Gasteiger partial charge in [-0.05, 0) is 13.3 Å². The molecular weight excluding hydrogens is 248 g/mol. The van der Waals surface area contributed by atoms with Crippen LogP contribution in [0.4, 0.5) is 0 Å². The van der Waals surface area contributed by atoms with E-state index in [4.69, 9.17) is 10.5 Å². The number of unbranched alkanes of at least 4 members (excludes halogenated alkanes) is 1. The molecule has 16 heavy (non-hydrogen) atoms. The van der Waals surface area contributed by atoms with Crippen LogP contribution < -0.4 is 10.5 Å². The maximum absolute atomic E-state index is 11.5. The third-order valence-electron chi connectivity index (χ3n) is 2.06. The maximum Gasteiger partial charge on any atom is 0.220 e. The van der Waals surface area contributed by atoms with Crippen molar-refractivity contribution in [2.24, 2.45) is 5.73 Å². The third-order valence-corrected chi connectivity index (χ3v) is 4.35. The van der Waals surface area contributed by atoms with Gasteiger partial charge in [-0.25, -0.2) is 13.1 Å². The summed E-state index contributed by atoms with van der Waals surface area (Å²) in [5.41, 5.74) is 5.27. The zero-order chi connectivity index (χ0) is 12.6. The molecule has 0 aliphatic heterocycles. The lowest BCUT2D eigenvalue weighted by atomic mass is 10.4. The molecule has 0 saturated heterocycles. The summed E-state index contributed by atoms with van der Waals surface area (Å²) < 4.78 is 30.7. The zero-order valence-electron chi connectivity index (χ0n) is 9.73. The molecule has 0 aromatic rings. The van der Waals surface area contributed by atoms with Gasteiger partial charge in [0.05, 0.1) is 11.6 Å². The summed E-state index contributed by atoms with van der Waals surface area (Å²) in [5.74, 6) is 0. The fraction of sp³-hybridized carbons (Fsp3) is 0.889. The van der Waals surface area contributed by atoms with Gasteiger partial charge in [0.25, 0.3) is 0 Å². The van der Waals surface area contributed by atoms with Crippen molar-refractivity contribution in [3.63, 3.8) is 0 Å². The third kappa shape index (κ3) is 6.37. The van der Waals surface area contributed by atoms with E-state index in [9.17, 15) is 8.42 Å². The molecular formula is C9H20N2O3S2. The summed E-state index contributed by atoms with van der Waals surface area (Å²) in [6, 6.07) is 0. The quantitative estimate of drug-likeness (QED) is 0.467. The van der Waals surface area contributed by atoms with Crippen LogP contribution in [-0.2, 0) is 14.8 Å². The molecule has 0 amide bonds. The van der Waals surface area contributed by atoms with Crippen LogP contribution in [0.3, 0.4) is 0 Å². The Balaban J connectivity index is 3.79. The highest BCUT2D eigenvalue weighted by atomic mass is 32.2. The van der Waals surface area contributed by atoms with E-state index in [1.165, 1.54) is 6.92 Å². The predicted octanol–water partition coefficient (Wildman–Crippen LogP) is 0.397. The van der Waals surface area contributed by atoms with Crippen molar-refractivity contribution in [2.45, 2.75) is 31.9 Å². The van der Waals surface area contributed by atoms with Gasteiger partial charge in [-0.1, -0.05) is 25.6 Å². The van der Waals surface area contributed by atoms with E-state index in [2.05, 4.69) is 23.9 Å².